The van der Waals surface area contributed by atoms with Gasteiger partial charge in [-0.1, -0.05) is 237 Å². The maximum absolute atomic E-state index is 2.55. The third-order valence-corrected chi connectivity index (χ3v) is 13.3. The van der Waals surface area contributed by atoms with Crippen molar-refractivity contribution >= 4 is 38.6 Å². The predicted octanol–water partition coefficient (Wildman–Crippen LogP) is 16.8. The Labute approximate surface area is 374 Å². The van der Waals surface area contributed by atoms with Crippen molar-refractivity contribution < 1.29 is 0 Å². The van der Waals surface area contributed by atoms with Crippen LogP contribution in [-0.4, -0.2) is 0 Å². The molecule has 1 aliphatic rings. The molecule has 0 fully saturated rings. The molecular formula is C63H43N. The highest BCUT2D eigenvalue weighted by Crippen LogP contribution is 2.58. The molecule has 1 nitrogen and oxygen atoms in total. The Morgan fingerprint density at radius 2 is 0.781 bits per heavy atom. The summed E-state index contributed by atoms with van der Waals surface area (Å²) in [4.78, 5) is 2.55. The fourth-order valence-corrected chi connectivity index (χ4v) is 10.6. The number of fused-ring (bicyclic) bond motifs is 6. The Bertz CT molecular complexity index is 3440. The molecule has 12 rings (SSSR count). The van der Waals surface area contributed by atoms with Crippen LogP contribution in [0, 0.1) is 0 Å². The molecule has 0 N–H and O–H groups in total. The molecule has 0 unspecified atom stereocenters. The van der Waals surface area contributed by atoms with Gasteiger partial charge in [-0.05, 0) is 102 Å². The molecule has 0 saturated heterocycles. The van der Waals surface area contributed by atoms with E-state index in [4.69, 9.17) is 0 Å². The van der Waals surface area contributed by atoms with Gasteiger partial charge < -0.3 is 4.90 Å². The molecule has 0 aliphatic heterocycles. The van der Waals surface area contributed by atoms with E-state index in [2.05, 4.69) is 266 Å². The van der Waals surface area contributed by atoms with Crippen LogP contribution in [0.5, 0.6) is 0 Å². The summed E-state index contributed by atoms with van der Waals surface area (Å²) in [6.07, 6.45) is 0. The van der Waals surface area contributed by atoms with Crippen LogP contribution in [0.1, 0.15) is 22.3 Å². The number of rotatable bonds is 8. The number of hydrogen-bond acceptors (Lipinski definition) is 1. The summed E-state index contributed by atoms with van der Waals surface area (Å²) in [6, 6.07) is 96.0. The molecule has 0 saturated carbocycles. The fraction of sp³-hybridized carbons (Fsp3) is 0.0159. The fourth-order valence-electron chi connectivity index (χ4n) is 10.6. The van der Waals surface area contributed by atoms with Gasteiger partial charge in [-0.3, -0.25) is 0 Å². The van der Waals surface area contributed by atoms with Crippen molar-refractivity contribution in [2.24, 2.45) is 0 Å². The van der Waals surface area contributed by atoms with E-state index in [0.717, 1.165) is 17.1 Å². The van der Waals surface area contributed by atoms with E-state index < -0.39 is 5.41 Å². The molecule has 11 aromatic rings. The van der Waals surface area contributed by atoms with Crippen LogP contribution >= 0.6 is 0 Å². The zero-order valence-electron chi connectivity index (χ0n) is 35.3. The summed E-state index contributed by atoms with van der Waals surface area (Å²) in [5.74, 6) is 0. The molecule has 0 spiro atoms. The Kier molecular flexibility index (Phi) is 9.13. The number of anilines is 3. The third kappa shape index (κ3) is 5.93. The lowest BCUT2D eigenvalue weighted by atomic mass is 9.68. The smallest absolute Gasteiger partial charge is 0.0713 e. The molecular weight excluding hydrogens is 771 g/mol. The maximum Gasteiger partial charge on any atom is 0.0713 e. The topological polar surface area (TPSA) is 3.24 Å². The van der Waals surface area contributed by atoms with Crippen LogP contribution in [0.2, 0.25) is 0 Å². The predicted molar refractivity (Wildman–Crippen MR) is 270 cm³/mol. The van der Waals surface area contributed by atoms with Crippen LogP contribution < -0.4 is 4.90 Å². The Balaban J connectivity index is 1.20. The largest absolute Gasteiger partial charge is 0.309 e. The second-order valence-electron chi connectivity index (χ2n) is 16.7. The SMILES string of the molecule is c1ccc(-c2ccccc2-c2c(-c3ccccc3)cccc2N(c2ccc3c(c2)-c2ccccc2C3(c2ccccc2)c2ccccc2)c2cc3ccccc3c3ccccc23)cc1. The van der Waals surface area contributed by atoms with E-state index >= 15 is 0 Å². The van der Waals surface area contributed by atoms with Gasteiger partial charge in [0.1, 0.15) is 0 Å². The molecule has 0 aromatic heterocycles. The van der Waals surface area contributed by atoms with E-state index in [0.29, 0.717) is 0 Å². The molecule has 0 radical (unpaired) electrons. The standard InChI is InChI=1S/C63H43N/c1-5-22-44(23-6-1)50-31-15-18-36-56(50)62-52(45-24-7-2-8-25-45)37-21-39-60(62)64(61-42-46-26-13-14-32-51(46)53-33-16-17-35-55(53)61)49-40-41-59-57(43-49)54-34-19-20-38-58(54)63(59,47-27-9-3-10-28-47)48-29-11-4-12-30-48/h1-43H. The zero-order valence-corrected chi connectivity index (χ0v) is 35.3. The first-order chi connectivity index (χ1) is 31.8. The highest BCUT2D eigenvalue weighted by molar-refractivity contribution is 6.15. The Morgan fingerprint density at radius 1 is 0.281 bits per heavy atom. The van der Waals surface area contributed by atoms with Crippen molar-refractivity contribution in [3.05, 3.63) is 283 Å². The van der Waals surface area contributed by atoms with Crippen molar-refractivity contribution in [2.45, 2.75) is 5.41 Å². The first-order valence-corrected chi connectivity index (χ1v) is 22.2. The van der Waals surface area contributed by atoms with Gasteiger partial charge >= 0.3 is 0 Å². The summed E-state index contributed by atoms with van der Waals surface area (Å²) in [5.41, 5.74) is 17.5. The van der Waals surface area contributed by atoms with Gasteiger partial charge in [0.15, 0.2) is 0 Å². The maximum atomic E-state index is 2.55. The highest BCUT2D eigenvalue weighted by Gasteiger charge is 2.46. The number of benzene rings is 11. The van der Waals surface area contributed by atoms with E-state index in [1.165, 1.54) is 88.3 Å². The van der Waals surface area contributed by atoms with Crippen molar-refractivity contribution in [1.82, 2.24) is 0 Å². The number of hydrogen-bond donors (Lipinski definition) is 0. The molecule has 1 heteroatoms. The molecule has 300 valence electrons. The average Bonchev–Trinajstić information content (AvgIpc) is 3.68. The van der Waals surface area contributed by atoms with Crippen molar-refractivity contribution in [2.75, 3.05) is 4.90 Å². The van der Waals surface area contributed by atoms with Gasteiger partial charge in [-0.15, -0.1) is 0 Å². The second kappa shape index (κ2) is 15.6. The highest BCUT2D eigenvalue weighted by atomic mass is 15.1. The van der Waals surface area contributed by atoms with Crippen LogP contribution in [-0.2, 0) is 5.41 Å². The molecule has 11 aromatic carbocycles. The van der Waals surface area contributed by atoms with Crippen LogP contribution in [0.3, 0.4) is 0 Å². The van der Waals surface area contributed by atoms with E-state index in [9.17, 15) is 0 Å². The Morgan fingerprint density at radius 3 is 1.47 bits per heavy atom. The molecule has 1 aliphatic carbocycles. The summed E-state index contributed by atoms with van der Waals surface area (Å²) in [5, 5.41) is 4.86. The van der Waals surface area contributed by atoms with Gasteiger partial charge in [0.2, 0.25) is 0 Å². The summed E-state index contributed by atoms with van der Waals surface area (Å²) in [7, 11) is 0. The Hall–Kier alpha value is -8.26. The van der Waals surface area contributed by atoms with E-state index in [1.807, 2.05) is 0 Å². The van der Waals surface area contributed by atoms with Crippen molar-refractivity contribution in [1.29, 1.82) is 0 Å². The van der Waals surface area contributed by atoms with Gasteiger partial charge in [-0.25, -0.2) is 0 Å². The lowest BCUT2D eigenvalue weighted by Gasteiger charge is -2.34. The monoisotopic (exact) mass is 813 g/mol. The average molecular weight is 814 g/mol. The minimum atomic E-state index is -0.500. The first-order valence-electron chi connectivity index (χ1n) is 22.2. The second-order valence-corrected chi connectivity index (χ2v) is 16.7. The minimum absolute atomic E-state index is 0.500. The van der Waals surface area contributed by atoms with Crippen molar-refractivity contribution in [3.8, 4) is 44.5 Å². The summed E-state index contributed by atoms with van der Waals surface area (Å²) >= 11 is 0. The van der Waals surface area contributed by atoms with Gasteiger partial charge in [-0.2, -0.15) is 0 Å². The lowest BCUT2D eigenvalue weighted by Crippen LogP contribution is -2.28. The minimum Gasteiger partial charge on any atom is -0.309 e. The normalized spacial score (nSPS) is 12.5. The number of nitrogens with zero attached hydrogens (tertiary/aromatic N) is 1. The van der Waals surface area contributed by atoms with Crippen LogP contribution in [0.15, 0.2) is 261 Å². The quantitative estimate of drug-likeness (QED) is 0.138. The molecule has 64 heavy (non-hydrogen) atoms. The zero-order chi connectivity index (χ0) is 42.5. The molecule has 0 heterocycles. The molecule has 0 bridgehead atoms. The van der Waals surface area contributed by atoms with E-state index in [1.54, 1.807) is 0 Å². The summed E-state index contributed by atoms with van der Waals surface area (Å²) in [6.45, 7) is 0. The van der Waals surface area contributed by atoms with Crippen LogP contribution in [0.4, 0.5) is 17.1 Å². The summed E-state index contributed by atoms with van der Waals surface area (Å²) < 4.78 is 0. The van der Waals surface area contributed by atoms with Gasteiger partial charge in [0, 0.05) is 16.6 Å². The van der Waals surface area contributed by atoms with Gasteiger partial charge in [0.05, 0.1) is 16.8 Å². The first kappa shape index (κ1) is 37.5. The van der Waals surface area contributed by atoms with Crippen molar-refractivity contribution in [3.63, 3.8) is 0 Å². The molecule has 0 amide bonds. The molecule has 0 atom stereocenters. The van der Waals surface area contributed by atoms with Crippen LogP contribution in [0.25, 0.3) is 66.1 Å². The van der Waals surface area contributed by atoms with E-state index in [-0.39, 0.29) is 0 Å². The van der Waals surface area contributed by atoms with Gasteiger partial charge in [0.25, 0.3) is 0 Å². The third-order valence-electron chi connectivity index (χ3n) is 13.3. The lowest BCUT2D eigenvalue weighted by molar-refractivity contribution is 0.768.